The van der Waals surface area contributed by atoms with Crippen LogP contribution < -0.4 is 5.73 Å². The lowest BCUT2D eigenvalue weighted by atomic mass is 10.1. The summed E-state index contributed by atoms with van der Waals surface area (Å²) in [6.45, 7) is 0.414. The normalized spacial score (nSPS) is 36.0. The highest BCUT2D eigenvalue weighted by Crippen LogP contribution is 2.25. The number of hydrogen-bond acceptors (Lipinski definition) is 5. The number of likely N-dealkylation sites (tertiary alicyclic amines) is 1. The zero-order chi connectivity index (χ0) is 13.3. The second kappa shape index (κ2) is 5.21. The Kier molecular flexibility index (Phi) is 3.84. The van der Waals surface area contributed by atoms with Crippen LogP contribution in [-0.4, -0.2) is 64.4 Å². The molecule has 2 heterocycles. The van der Waals surface area contributed by atoms with Crippen molar-refractivity contribution in [2.45, 2.75) is 43.6 Å². The average Bonchev–Trinajstić information content (AvgIpc) is 2.94. The lowest BCUT2D eigenvalue weighted by molar-refractivity contribution is -0.153. The number of carboxylic acids is 1. The van der Waals surface area contributed by atoms with Crippen LogP contribution in [0.1, 0.15) is 19.3 Å². The van der Waals surface area contributed by atoms with E-state index >= 15 is 0 Å². The van der Waals surface area contributed by atoms with Crippen LogP contribution in [0.15, 0.2) is 0 Å². The molecule has 0 spiro atoms. The third-order valence-electron chi connectivity index (χ3n) is 3.49. The van der Waals surface area contributed by atoms with Gasteiger partial charge >= 0.3 is 5.97 Å². The Balaban J connectivity index is 2.02. The molecule has 0 bridgehead atoms. The third-order valence-corrected chi connectivity index (χ3v) is 3.49. The number of rotatable bonds is 3. The van der Waals surface area contributed by atoms with Crippen molar-refractivity contribution >= 4 is 11.9 Å². The maximum atomic E-state index is 12.2. The molecule has 102 valence electrons. The number of aliphatic carboxylic acids is 1. The Labute approximate surface area is 105 Å². The summed E-state index contributed by atoms with van der Waals surface area (Å²) in [5.41, 5.74) is 5.46. The van der Waals surface area contributed by atoms with Gasteiger partial charge in [-0.1, -0.05) is 0 Å². The average molecular weight is 258 g/mol. The van der Waals surface area contributed by atoms with Gasteiger partial charge in [-0.25, -0.2) is 4.79 Å². The van der Waals surface area contributed by atoms with Crippen molar-refractivity contribution in [1.29, 1.82) is 0 Å². The highest BCUT2D eigenvalue weighted by Gasteiger charge is 2.43. The largest absolute Gasteiger partial charge is 0.480 e. The van der Waals surface area contributed by atoms with E-state index in [-0.39, 0.29) is 25.0 Å². The first-order chi connectivity index (χ1) is 8.52. The molecule has 2 saturated heterocycles. The number of aliphatic hydroxyl groups excluding tert-OH is 1. The molecule has 0 aromatic rings. The first-order valence-corrected chi connectivity index (χ1v) is 6.09. The second-order valence-corrected chi connectivity index (χ2v) is 4.79. The van der Waals surface area contributed by atoms with Crippen molar-refractivity contribution in [2.75, 3.05) is 13.1 Å². The number of ether oxygens (including phenoxy) is 1. The van der Waals surface area contributed by atoms with Crippen LogP contribution in [0.5, 0.6) is 0 Å². The number of hydrogen-bond donors (Lipinski definition) is 3. The Bertz CT molecular complexity index is 348. The molecule has 2 rings (SSSR count). The van der Waals surface area contributed by atoms with Gasteiger partial charge in [-0.3, -0.25) is 4.79 Å². The zero-order valence-electron chi connectivity index (χ0n) is 9.99. The van der Waals surface area contributed by atoms with E-state index in [9.17, 15) is 14.7 Å². The van der Waals surface area contributed by atoms with E-state index < -0.39 is 24.2 Å². The van der Waals surface area contributed by atoms with Crippen molar-refractivity contribution in [3.63, 3.8) is 0 Å². The van der Waals surface area contributed by atoms with Gasteiger partial charge in [0.1, 0.15) is 12.1 Å². The molecule has 18 heavy (non-hydrogen) atoms. The van der Waals surface area contributed by atoms with Crippen molar-refractivity contribution < 1.29 is 24.5 Å². The van der Waals surface area contributed by atoms with Gasteiger partial charge in [0.05, 0.1) is 12.2 Å². The minimum absolute atomic E-state index is 0.0585. The molecule has 3 unspecified atom stereocenters. The predicted octanol–water partition coefficient (Wildman–Crippen LogP) is -1.46. The molecular formula is C11H18N2O5. The number of carboxylic acid groups (broad SMARTS) is 1. The van der Waals surface area contributed by atoms with E-state index in [4.69, 9.17) is 15.6 Å². The molecule has 0 saturated carbocycles. The first kappa shape index (κ1) is 13.3. The number of β-amino-alcohol motifs (C(OH)–C–C–N with tert-alkyl or cyclic N) is 1. The van der Waals surface area contributed by atoms with Crippen molar-refractivity contribution in [3.05, 3.63) is 0 Å². The highest BCUT2D eigenvalue weighted by atomic mass is 16.5. The molecule has 4 N–H and O–H groups in total. The maximum absolute atomic E-state index is 12.2. The minimum atomic E-state index is -1.09. The molecule has 7 heteroatoms. The summed E-state index contributed by atoms with van der Waals surface area (Å²) in [6.07, 6.45) is -0.184. The van der Waals surface area contributed by atoms with Gasteiger partial charge in [-0.15, -0.1) is 0 Å². The van der Waals surface area contributed by atoms with Crippen LogP contribution in [0.25, 0.3) is 0 Å². The lowest BCUT2D eigenvalue weighted by Crippen LogP contribution is -2.45. The molecule has 0 aliphatic carbocycles. The second-order valence-electron chi connectivity index (χ2n) is 4.79. The fraction of sp³-hybridized carbons (Fsp3) is 0.818. The summed E-state index contributed by atoms with van der Waals surface area (Å²) in [5.74, 6) is -1.44. The lowest BCUT2D eigenvalue weighted by Gasteiger charge is -2.24. The van der Waals surface area contributed by atoms with Crippen LogP contribution in [0.3, 0.4) is 0 Å². The topological polar surface area (TPSA) is 113 Å². The fourth-order valence-corrected chi connectivity index (χ4v) is 2.54. The molecule has 2 aliphatic rings. The van der Waals surface area contributed by atoms with Crippen molar-refractivity contribution in [2.24, 2.45) is 5.73 Å². The van der Waals surface area contributed by atoms with Gasteiger partial charge in [-0.2, -0.15) is 0 Å². The van der Waals surface area contributed by atoms with E-state index in [0.29, 0.717) is 19.4 Å². The van der Waals surface area contributed by atoms with E-state index in [2.05, 4.69) is 0 Å². The Hall–Kier alpha value is -1.18. The summed E-state index contributed by atoms with van der Waals surface area (Å²) in [5, 5.41) is 18.5. The van der Waals surface area contributed by atoms with Gasteiger partial charge < -0.3 is 25.6 Å². The standard InChI is InChI=1S/C11H18N2O5/c12-4-7-1-2-9(18-7)10(15)13-5-6(14)3-8(13)11(16)17/h6-9,14H,1-5,12H2,(H,16,17)/t6?,7?,8-,9?/m0/s1. The molecule has 4 atom stereocenters. The summed E-state index contributed by atoms with van der Waals surface area (Å²) in [6, 6.07) is -0.951. The SMILES string of the molecule is NCC1CCC(C(=O)N2CC(O)C[C@H]2C(=O)O)O1. The molecule has 2 fully saturated rings. The van der Waals surface area contributed by atoms with E-state index in [0.717, 1.165) is 0 Å². The van der Waals surface area contributed by atoms with Gasteiger partial charge in [-0.05, 0) is 12.8 Å². The Morgan fingerprint density at radius 3 is 2.67 bits per heavy atom. The van der Waals surface area contributed by atoms with Crippen LogP contribution >= 0.6 is 0 Å². The Morgan fingerprint density at radius 1 is 1.39 bits per heavy atom. The van der Waals surface area contributed by atoms with Gasteiger partial charge in [0.25, 0.3) is 5.91 Å². The number of carbonyl (C=O) groups excluding carboxylic acids is 1. The van der Waals surface area contributed by atoms with E-state index in [1.165, 1.54) is 4.90 Å². The number of nitrogens with zero attached hydrogens (tertiary/aromatic N) is 1. The summed E-state index contributed by atoms with van der Waals surface area (Å²) < 4.78 is 5.46. The van der Waals surface area contributed by atoms with Crippen LogP contribution in [-0.2, 0) is 14.3 Å². The molecular weight excluding hydrogens is 240 g/mol. The maximum Gasteiger partial charge on any atom is 0.326 e. The minimum Gasteiger partial charge on any atom is -0.480 e. The van der Waals surface area contributed by atoms with Crippen LogP contribution in [0, 0.1) is 0 Å². The van der Waals surface area contributed by atoms with Crippen LogP contribution in [0.4, 0.5) is 0 Å². The molecule has 0 aromatic carbocycles. The van der Waals surface area contributed by atoms with E-state index in [1.807, 2.05) is 0 Å². The monoisotopic (exact) mass is 258 g/mol. The van der Waals surface area contributed by atoms with Crippen molar-refractivity contribution in [3.8, 4) is 0 Å². The summed E-state index contributed by atoms with van der Waals surface area (Å²) >= 11 is 0. The summed E-state index contributed by atoms with van der Waals surface area (Å²) in [4.78, 5) is 24.4. The number of amides is 1. The quantitative estimate of drug-likeness (QED) is 0.570. The van der Waals surface area contributed by atoms with E-state index in [1.54, 1.807) is 0 Å². The fourth-order valence-electron chi connectivity index (χ4n) is 2.54. The zero-order valence-corrected chi connectivity index (χ0v) is 9.99. The first-order valence-electron chi connectivity index (χ1n) is 6.09. The summed E-state index contributed by atoms with van der Waals surface area (Å²) in [7, 11) is 0. The van der Waals surface area contributed by atoms with Gasteiger partial charge in [0.2, 0.25) is 0 Å². The molecule has 0 aromatic heterocycles. The van der Waals surface area contributed by atoms with Crippen LogP contribution in [0.2, 0.25) is 0 Å². The highest BCUT2D eigenvalue weighted by molar-refractivity contribution is 5.87. The smallest absolute Gasteiger partial charge is 0.326 e. The van der Waals surface area contributed by atoms with Gasteiger partial charge in [0.15, 0.2) is 0 Å². The predicted molar refractivity (Wildman–Crippen MR) is 60.7 cm³/mol. The van der Waals surface area contributed by atoms with Crippen molar-refractivity contribution in [1.82, 2.24) is 4.90 Å². The molecule has 1 amide bonds. The molecule has 0 radical (unpaired) electrons. The number of nitrogens with two attached hydrogens (primary N) is 1. The Morgan fingerprint density at radius 2 is 2.11 bits per heavy atom. The molecule has 7 nitrogen and oxygen atoms in total. The van der Waals surface area contributed by atoms with Gasteiger partial charge in [0, 0.05) is 19.5 Å². The third kappa shape index (κ3) is 2.47. The number of aliphatic hydroxyl groups is 1. The number of carbonyl (C=O) groups is 2. The molecule has 2 aliphatic heterocycles.